The van der Waals surface area contributed by atoms with Crippen molar-refractivity contribution in [1.29, 1.82) is 0 Å². The number of rotatable bonds is 5. The minimum atomic E-state index is -4.46. The smallest absolute Gasteiger partial charge is 0.416 e. The minimum Gasteiger partial charge on any atom is -0.467 e. The van der Waals surface area contributed by atoms with E-state index in [4.69, 9.17) is 4.74 Å². The van der Waals surface area contributed by atoms with Gasteiger partial charge in [-0.05, 0) is 31.2 Å². The Kier molecular flexibility index (Phi) is 5.95. The lowest BCUT2D eigenvalue weighted by molar-refractivity contribution is -0.137. The van der Waals surface area contributed by atoms with Crippen LogP contribution in [0.5, 0.6) is 5.88 Å². The number of hydrogen-bond acceptors (Lipinski definition) is 4. The van der Waals surface area contributed by atoms with Crippen molar-refractivity contribution in [2.75, 3.05) is 11.9 Å². The monoisotopic (exact) mass is 423 g/mol. The van der Waals surface area contributed by atoms with Crippen LogP contribution in [0.1, 0.15) is 11.3 Å². The Hall–Kier alpha value is -3.56. The van der Waals surface area contributed by atoms with E-state index in [2.05, 4.69) is 15.3 Å². The lowest BCUT2D eigenvalue weighted by atomic mass is 10.1. The fourth-order valence-corrected chi connectivity index (χ4v) is 2.47. The van der Waals surface area contributed by atoms with Crippen molar-refractivity contribution in [3.8, 4) is 17.3 Å². The van der Waals surface area contributed by atoms with E-state index >= 15 is 0 Å². The van der Waals surface area contributed by atoms with Gasteiger partial charge < -0.3 is 10.1 Å². The summed E-state index contributed by atoms with van der Waals surface area (Å²) in [5, 5.41) is 2.23. The summed E-state index contributed by atoms with van der Waals surface area (Å²) in [6.45, 7) is 1.09. The summed E-state index contributed by atoms with van der Waals surface area (Å²) in [5.74, 6) is -2.32. The molecule has 5 nitrogen and oxygen atoms in total. The van der Waals surface area contributed by atoms with Crippen molar-refractivity contribution in [1.82, 2.24) is 9.97 Å². The number of aryl methyl sites for hydroxylation is 1. The third kappa shape index (κ3) is 5.28. The number of hydrogen-bond donors (Lipinski definition) is 1. The van der Waals surface area contributed by atoms with E-state index in [1.165, 1.54) is 18.2 Å². The SMILES string of the molecule is Cc1cc(OCC(=O)Nc2ccc(F)cc2F)nc(-c2ccc(C(F)(F)F)cc2)n1. The molecule has 156 valence electrons. The first-order valence-corrected chi connectivity index (χ1v) is 8.53. The summed E-state index contributed by atoms with van der Waals surface area (Å²) in [4.78, 5) is 20.2. The Balaban J connectivity index is 1.70. The third-order valence-corrected chi connectivity index (χ3v) is 3.86. The van der Waals surface area contributed by atoms with Crippen LogP contribution in [0.4, 0.5) is 27.6 Å². The lowest BCUT2D eigenvalue weighted by Crippen LogP contribution is -2.21. The molecule has 1 amide bonds. The zero-order valence-electron chi connectivity index (χ0n) is 15.4. The van der Waals surface area contributed by atoms with Gasteiger partial charge in [0.2, 0.25) is 5.88 Å². The number of carbonyl (C=O) groups excluding carboxylic acids is 1. The van der Waals surface area contributed by atoms with Crippen LogP contribution < -0.4 is 10.1 Å². The number of anilines is 1. The molecule has 0 spiro atoms. The standard InChI is InChI=1S/C20H14F5N3O2/c1-11-8-18(30-10-17(29)27-16-7-6-14(21)9-15(16)22)28-19(26-11)12-2-4-13(5-3-12)20(23,24)25/h2-9H,10H2,1H3,(H,27,29). The fourth-order valence-electron chi connectivity index (χ4n) is 2.47. The quantitative estimate of drug-likeness (QED) is 0.601. The van der Waals surface area contributed by atoms with Gasteiger partial charge >= 0.3 is 6.18 Å². The largest absolute Gasteiger partial charge is 0.467 e. The zero-order chi connectivity index (χ0) is 21.9. The molecular formula is C20H14F5N3O2. The summed E-state index contributed by atoms with van der Waals surface area (Å²) < 4.78 is 69.9. The average molecular weight is 423 g/mol. The van der Waals surface area contributed by atoms with Crippen molar-refractivity contribution >= 4 is 11.6 Å². The van der Waals surface area contributed by atoms with Crippen LogP contribution in [0.25, 0.3) is 11.4 Å². The highest BCUT2D eigenvalue weighted by Crippen LogP contribution is 2.30. The second-order valence-corrected chi connectivity index (χ2v) is 6.21. The summed E-state index contributed by atoms with van der Waals surface area (Å²) in [6.07, 6.45) is -4.46. The molecule has 1 N–H and O–H groups in total. The predicted octanol–water partition coefficient (Wildman–Crippen LogP) is 4.77. The maximum Gasteiger partial charge on any atom is 0.416 e. The first-order valence-electron chi connectivity index (χ1n) is 8.53. The van der Waals surface area contributed by atoms with E-state index in [1.807, 2.05) is 0 Å². The normalized spacial score (nSPS) is 11.3. The van der Waals surface area contributed by atoms with Crippen LogP contribution in [-0.2, 0) is 11.0 Å². The van der Waals surface area contributed by atoms with E-state index < -0.39 is 35.9 Å². The molecule has 3 aromatic rings. The molecule has 0 unspecified atom stereocenters. The minimum absolute atomic E-state index is 0.00660. The zero-order valence-corrected chi connectivity index (χ0v) is 15.4. The van der Waals surface area contributed by atoms with Gasteiger partial charge in [0.1, 0.15) is 11.6 Å². The van der Waals surface area contributed by atoms with Gasteiger partial charge in [0.15, 0.2) is 12.4 Å². The number of nitrogens with zero attached hydrogens (tertiary/aromatic N) is 2. The predicted molar refractivity (Wildman–Crippen MR) is 97.7 cm³/mol. The molecule has 0 radical (unpaired) electrons. The summed E-state index contributed by atoms with van der Waals surface area (Å²) in [5.41, 5.74) is -0.233. The fraction of sp³-hybridized carbons (Fsp3) is 0.150. The molecule has 10 heteroatoms. The van der Waals surface area contributed by atoms with E-state index in [0.29, 0.717) is 17.3 Å². The van der Waals surface area contributed by atoms with E-state index in [0.717, 1.165) is 24.3 Å². The van der Waals surface area contributed by atoms with Crippen LogP contribution in [-0.4, -0.2) is 22.5 Å². The molecule has 1 aromatic heterocycles. The number of ether oxygens (including phenoxy) is 1. The Morgan fingerprint density at radius 3 is 2.37 bits per heavy atom. The van der Waals surface area contributed by atoms with Gasteiger partial charge in [-0.25, -0.2) is 13.8 Å². The molecule has 30 heavy (non-hydrogen) atoms. The van der Waals surface area contributed by atoms with Gasteiger partial charge in [0.05, 0.1) is 11.3 Å². The highest BCUT2D eigenvalue weighted by Gasteiger charge is 2.30. The second-order valence-electron chi connectivity index (χ2n) is 6.21. The molecule has 0 bridgehead atoms. The number of nitrogens with one attached hydrogen (secondary N) is 1. The summed E-state index contributed by atoms with van der Waals surface area (Å²) >= 11 is 0. The molecule has 0 saturated carbocycles. The van der Waals surface area contributed by atoms with Crippen LogP contribution >= 0.6 is 0 Å². The molecule has 0 aliphatic heterocycles. The van der Waals surface area contributed by atoms with Crippen LogP contribution in [0.3, 0.4) is 0 Å². The first-order chi connectivity index (χ1) is 14.1. The van der Waals surface area contributed by atoms with Crippen molar-refractivity contribution in [3.63, 3.8) is 0 Å². The maximum absolute atomic E-state index is 13.6. The van der Waals surface area contributed by atoms with Crippen LogP contribution in [0, 0.1) is 18.6 Å². The van der Waals surface area contributed by atoms with Gasteiger partial charge in [0.25, 0.3) is 5.91 Å². The number of halogens is 5. The first kappa shape index (κ1) is 21.2. The van der Waals surface area contributed by atoms with Gasteiger partial charge in [-0.15, -0.1) is 0 Å². The Morgan fingerprint density at radius 2 is 1.73 bits per heavy atom. The molecular weight excluding hydrogens is 409 g/mol. The van der Waals surface area contributed by atoms with E-state index in [-0.39, 0.29) is 17.4 Å². The number of carbonyl (C=O) groups is 1. The Labute approximate surface area is 167 Å². The molecule has 0 saturated heterocycles. The van der Waals surface area contributed by atoms with Crippen molar-refractivity contribution in [2.45, 2.75) is 13.1 Å². The lowest BCUT2D eigenvalue weighted by Gasteiger charge is -2.10. The number of aromatic nitrogens is 2. The molecule has 3 rings (SSSR count). The number of benzene rings is 2. The highest BCUT2D eigenvalue weighted by molar-refractivity contribution is 5.91. The number of amides is 1. The molecule has 0 fully saturated rings. The third-order valence-electron chi connectivity index (χ3n) is 3.86. The molecule has 0 aliphatic rings. The van der Waals surface area contributed by atoms with E-state index in [9.17, 15) is 26.7 Å². The molecule has 0 atom stereocenters. The summed E-state index contributed by atoms with van der Waals surface area (Å²) in [7, 11) is 0. The van der Waals surface area contributed by atoms with Crippen molar-refractivity contribution in [3.05, 3.63) is 71.4 Å². The molecule has 1 heterocycles. The Morgan fingerprint density at radius 1 is 1.03 bits per heavy atom. The van der Waals surface area contributed by atoms with Gasteiger partial charge in [0, 0.05) is 23.4 Å². The van der Waals surface area contributed by atoms with Gasteiger partial charge in [-0.2, -0.15) is 18.2 Å². The second kappa shape index (κ2) is 8.44. The maximum atomic E-state index is 13.6. The van der Waals surface area contributed by atoms with Crippen LogP contribution in [0.2, 0.25) is 0 Å². The van der Waals surface area contributed by atoms with Crippen LogP contribution in [0.15, 0.2) is 48.5 Å². The van der Waals surface area contributed by atoms with Gasteiger partial charge in [-0.3, -0.25) is 4.79 Å². The van der Waals surface area contributed by atoms with Crippen molar-refractivity contribution < 1.29 is 31.5 Å². The van der Waals surface area contributed by atoms with Gasteiger partial charge in [-0.1, -0.05) is 12.1 Å². The summed E-state index contributed by atoms with van der Waals surface area (Å²) in [6, 6.07) is 8.39. The topological polar surface area (TPSA) is 64.1 Å². The Bertz CT molecular complexity index is 1070. The molecule has 2 aromatic carbocycles. The highest BCUT2D eigenvalue weighted by atomic mass is 19.4. The average Bonchev–Trinajstić information content (AvgIpc) is 2.68. The number of alkyl halides is 3. The van der Waals surface area contributed by atoms with E-state index in [1.54, 1.807) is 6.92 Å². The van der Waals surface area contributed by atoms with Crippen molar-refractivity contribution in [2.24, 2.45) is 0 Å². The molecule has 0 aliphatic carbocycles.